The first-order valence-corrected chi connectivity index (χ1v) is 6.12. The molecular weight excluding hydrogens is 254 g/mol. The van der Waals surface area contributed by atoms with Gasteiger partial charge in [-0.15, -0.1) is 6.58 Å². The van der Waals surface area contributed by atoms with Crippen LogP contribution in [0.25, 0.3) is 0 Å². The minimum Gasteiger partial charge on any atom is -0.439 e. The number of aromatic nitrogens is 1. The van der Waals surface area contributed by atoms with Crippen molar-refractivity contribution in [2.24, 2.45) is 0 Å². The van der Waals surface area contributed by atoms with E-state index in [1.54, 1.807) is 18.2 Å². The van der Waals surface area contributed by atoms with Gasteiger partial charge in [0.1, 0.15) is 5.75 Å². The van der Waals surface area contributed by atoms with Gasteiger partial charge in [0.2, 0.25) is 5.88 Å². The quantitative estimate of drug-likeness (QED) is 0.819. The Balaban J connectivity index is 1.93. The second-order valence-corrected chi connectivity index (χ2v) is 3.92. The van der Waals surface area contributed by atoms with Gasteiger partial charge in [0, 0.05) is 12.6 Å². The van der Waals surface area contributed by atoms with E-state index < -0.39 is 0 Å². The lowest BCUT2D eigenvalue weighted by Gasteiger charge is -2.07. The third-order valence-corrected chi connectivity index (χ3v) is 2.37. The van der Waals surface area contributed by atoms with Crippen molar-refractivity contribution in [2.75, 3.05) is 11.9 Å². The SMILES string of the molecule is C=CCNC(=O)Nc1ccc(Oc2ccccc2)nc1. The molecule has 2 rings (SSSR count). The van der Waals surface area contributed by atoms with Crippen LogP contribution in [0.3, 0.4) is 0 Å². The number of ether oxygens (including phenoxy) is 1. The molecule has 1 aromatic heterocycles. The Bertz CT molecular complexity index is 567. The molecule has 0 radical (unpaired) electrons. The highest BCUT2D eigenvalue weighted by atomic mass is 16.5. The van der Waals surface area contributed by atoms with E-state index in [1.807, 2.05) is 30.3 Å². The Morgan fingerprint density at radius 2 is 2.05 bits per heavy atom. The van der Waals surface area contributed by atoms with Crippen molar-refractivity contribution in [2.45, 2.75) is 0 Å². The topological polar surface area (TPSA) is 63.2 Å². The predicted molar refractivity (Wildman–Crippen MR) is 78.0 cm³/mol. The number of carbonyl (C=O) groups excluding carboxylic acids is 1. The highest BCUT2D eigenvalue weighted by Gasteiger charge is 2.02. The monoisotopic (exact) mass is 269 g/mol. The molecule has 0 saturated heterocycles. The molecule has 5 nitrogen and oxygen atoms in total. The van der Waals surface area contributed by atoms with Crippen LogP contribution in [0.2, 0.25) is 0 Å². The van der Waals surface area contributed by atoms with Crippen LogP contribution in [0.15, 0.2) is 61.3 Å². The molecule has 20 heavy (non-hydrogen) atoms. The average Bonchev–Trinajstić information content (AvgIpc) is 2.48. The summed E-state index contributed by atoms with van der Waals surface area (Å²) in [5.41, 5.74) is 0.590. The summed E-state index contributed by atoms with van der Waals surface area (Å²) in [5.74, 6) is 1.18. The summed E-state index contributed by atoms with van der Waals surface area (Å²) in [4.78, 5) is 15.5. The van der Waals surface area contributed by atoms with Gasteiger partial charge in [0.05, 0.1) is 11.9 Å². The molecule has 102 valence electrons. The van der Waals surface area contributed by atoms with Gasteiger partial charge in [0.15, 0.2) is 0 Å². The first-order chi connectivity index (χ1) is 9.78. The summed E-state index contributed by atoms with van der Waals surface area (Å²) in [6.45, 7) is 3.93. The molecule has 0 unspecified atom stereocenters. The van der Waals surface area contributed by atoms with Crippen LogP contribution in [0.4, 0.5) is 10.5 Å². The second kappa shape index (κ2) is 6.94. The number of para-hydroxylation sites is 1. The van der Waals surface area contributed by atoms with E-state index in [4.69, 9.17) is 4.74 Å². The molecule has 5 heteroatoms. The summed E-state index contributed by atoms with van der Waals surface area (Å²) in [6, 6.07) is 12.5. The van der Waals surface area contributed by atoms with Crippen LogP contribution < -0.4 is 15.4 Å². The van der Waals surface area contributed by atoms with Crippen LogP contribution in [-0.2, 0) is 0 Å². The number of urea groups is 1. The van der Waals surface area contributed by atoms with Gasteiger partial charge >= 0.3 is 6.03 Å². The van der Waals surface area contributed by atoms with Crippen molar-refractivity contribution in [1.29, 1.82) is 0 Å². The van der Waals surface area contributed by atoms with Crippen molar-refractivity contribution in [3.63, 3.8) is 0 Å². The highest BCUT2D eigenvalue weighted by molar-refractivity contribution is 5.89. The third kappa shape index (κ3) is 4.13. The number of rotatable bonds is 5. The lowest BCUT2D eigenvalue weighted by molar-refractivity contribution is 0.253. The molecule has 0 spiro atoms. The Morgan fingerprint density at radius 1 is 1.25 bits per heavy atom. The minimum atomic E-state index is -0.302. The predicted octanol–water partition coefficient (Wildman–Crippen LogP) is 3.18. The maximum Gasteiger partial charge on any atom is 0.319 e. The number of pyridine rings is 1. The first kappa shape index (κ1) is 13.6. The molecule has 2 aromatic rings. The van der Waals surface area contributed by atoms with E-state index in [1.165, 1.54) is 6.20 Å². The number of hydrogen-bond donors (Lipinski definition) is 2. The Kier molecular flexibility index (Phi) is 4.72. The Hall–Kier alpha value is -2.82. The lowest BCUT2D eigenvalue weighted by Crippen LogP contribution is -2.28. The van der Waals surface area contributed by atoms with Crippen LogP contribution in [0.5, 0.6) is 11.6 Å². The van der Waals surface area contributed by atoms with Crippen LogP contribution in [0.1, 0.15) is 0 Å². The Morgan fingerprint density at radius 3 is 2.70 bits per heavy atom. The molecule has 0 saturated carbocycles. The zero-order chi connectivity index (χ0) is 14.2. The third-order valence-electron chi connectivity index (χ3n) is 2.37. The van der Waals surface area contributed by atoms with Crippen molar-refractivity contribution in [3.8, 4) is 11.6 Å². The molecule has 0 aliphatic rings. The number of hydrogen-bond acceptors (Lipinski definition) is 3. The molecular formula is C15H15N3O2. The van der Waals surface area contributed by atoms with Crippen molar-refractivity contribution in [3.05, 3.63) is 61.3 Å². The van der Waals surface area contributed by atoms with Crippen LogP contribution in [0, 0.1) is 0 Å². The van der Waals surface area contributed by atoms with Gasteiger partial charge < -0.3 is 15.4 Å². The average molecular weight is 269 g/mol. The maximum atomic E-state index is 11.4. The van der Waals surface area contributed by atoms with Crippen molar-refractivity contribution >= 4 is 11.7 Å². The van der Waals surface area contributed by atoms with E-state index >= 15 is 0 Å². The van der Waals surface area contributed by atoms with E-state index in [-0.39, 0.29) is 6.03 Å². The Labute approximate surface area is 117 Å². The van der Waals surface area contributed by atoms with E-state index in [0.29, 0.717) is 23.9 Å². The summed E-state index contributed by atoms with van der Waals surface area (Å²) in [6.07, 6.45) is 3.14. The van der Waals surface area contributed by atoms with Gasteiger partial charge in [0.25, 0.3) is 0 Å². The summed E-state index contributed by atoms with van der Waals surface area (Å²) in [7, 11) is 0. The fraction of sp³-hybridized carbons (Fsp3) is 0.0667. The van der Waals surface area contributed by atoms with Gasteiger partial charge in [-0.1, -0.05) is 24.3 Å². The largest absolute Gasteiger partial charge is 0.439 e. The molecule has 0 fully saturated rings. The van der Waals surface area contributed by atoms with Gasteiger partial charge in [-0.05, 0) is 18.2 Å². The number of nitrogens with zero attached hydrogens (tertiary/aromatic N) is 1. The zero-order valence-electron chi connectivity index (χ0n) is 10.9. The minimum absolute atomic E-state index is 0.302. The fourth-order valence-corrected chi connectivity index (χ4v) is 1.46. The molecule has 1 heterocycles. The fourth-order valence-electron chi connectivity index (χ4n) is 1.46. The first-order valence-electron chi connectivity index (χ1n) is 6.12. The van der Waals surface area contributed by atoms with Crippen LogP contribution >= 0.6 is 0 Å². The standard InChI is InChI=1S/C15H15N3O2/c1-2-10-16-15(19)18-12-8-9-14(17-11-12)20-13-6-4-3-5-7-13/h2-9,11H,1,10H2,(H2,16,18,19). The van der Waals surface area contributed by atoms with Gasteiger partial charge in [-0.3, -0.25) is 0 Å². The molecule has 1 aromatic carbocycles. The number of benzene rings is 1. The van der Waals surface area contributed by atoms with Crippen molar-refractivity contribution < 1.29 is 9.53 Å². The number of amides is 2. The molecule has 2 amide bonds. The van der Waals surface area contributed by atoms with Gasteiger partial charge in [-0.2, -0.15) is 0 Å². The highest BCUT2D eigenvalue weighted by Crippen LogP contribution is 2.19. The number of anilines is 1. The molecule has 0 atom stereocenters. The van der Waals surface area contributed by atoms with Gasteiger partial charge in [-0.25, -0.2) is 9.78 Å². The van der Waals surface area contributed by atoms with Crippen LogP contribution in [-0.4, -0.2) is 17.6 Å². The lowest BCUT2D eigenvalue weighted by atomic mass is 10.3. The smallest absolute Gasteiger partial charge is 0.319 e. The molecule has 0 aliphatic carbocycles. The van der Waals surface area contributed by atoms with E-state index in [2.05, 4.69) is 22.2 Å². The molecule has 0 bridgehead atoms. The zero-order valence-corrected chi connectivity index (χ0v) is 10.9. The molecule has 0 aliphatic heterocycles. The summed E-state index contributed by atoms with van der Waals surface area (Å²) < 4.78 is 5.55. The normalized spacial score (nSPS) is 9.60. The van der Waals surface area contributed by atoms with E-state index in [0.717, 1.165) is 0 Å². The number of carbonyl (C=O) groups is 1. The summed E-state index contributed by atoms with van der Waals surface area (Å²) >= 11 is 0. The number of nitrogens with one attached hydrogen (secondary N) is 2. The maximum absolute atomic E-state index is 11.4. The summed E-state index contributed by atoms with van der Waals surface area (Å²) in [5, 5.41) is 5.26. The second-order valence-electron chi connectivity index (χ2n) is 3.92. The van der Waals surface area contributed by atoms with E-state index in [9.17, 15) is 4.79 Å². The van der Waals surface area contributed by atoms with Crippen molar-refractivity contribution in [1.82, 2.24) is 10.3 Å². The molecule has 2 N–H and O–H groups in total.